The monoisotopic (exact) mass is 653 g/mol. The quantitative estimate of drug-likeness (QED) is 0.293. The zero-order valence-electron chi connectivity index (χ0n) is 22.5. The lowest BCUT2D eigenvalue weighted by Gasteiger charge is -2.45. The molecule has 0 aromatic carbocycles. The Kier molecular flexibility index (Phi) is 8.23. The molecule has 3 aliphatic rings. The summed E-state index contributed by atoms with van der Waals surface area (Å²) < 4.78 is 44.8. The van der Waals surface area contributed by atoms with E-state index in [0.717, 1.165) is 5.82 Å². The molecular weight excluding hydrogens is 624 g/mol. The molecule has 43 heavy (non-hydrogen) atoms. The van der Waals surface area contributed by atoms with E-state index in [9.17, 15) is 19.4 Å². The highest BCUT2D eigenvalue weighted by atomic mass is 32.5. The van der Waals surface area contributed by atoms with E-state index in [2.05, 4.69) is 26.5 Å². The van der Waals surface area contributed by atoms with Crippen molar-refractivity contribution in [2.75, 3.05) is 25.6 Å². The number of hydrogen-bond acceptors (Lipinski definition) is 14. The molecule has 1 unspecified atom stereocenters. The lowest BCUT2D eigenvalue weighted by Crippen LogP contribution is -2.43. The predicted molar refractivity (Wildman–Crippen MR) is 154 cm³/mol. The van der Waals surface area contributed by atoms with Gasteiger partial charge in [-0.25, -0.2) is 15.0 Å². The standard InChI is InChI=1S/C24H29N7O9P2S/c1-2-41(34)36-7-13-6-16(31-11-30-18-22(25)28-10-29-24(18)31)14(13)8-37-42(35,43)38-9-17-19(32)21(40-41)20(39-17)12-3-4-27-15(5-12)23(26)33/h2-5,10-11,13-14,16-17,19-21,32H,1,6-9H2,(H2,26,33)(H,35,43)(H2,25,28,29)/t13-,14-,16-,17-,19-,20+,21-,41+,42?/m1/s1. The molecule has 1 aliphatic carbocycles. The lowest BCUT2D eigenvalue weighted by atomic mass is 9.70. The summed E-state index contributed by atoms with van der Waals surface area (Å²) in [6, 6.07) is 2.72. The highest BCUT2D eigenvalue weighted by Gasteiger charge is 2.50. The van der Waals surface area contributed by atoms with Gasteiger partial charge in [-0.3, -0.25) is 18.9 Å². The largest absolute Gasteiger partial charge is 0.387 e. The van der Waals surface area contributed by atoms with Crippen LogP contribution in [0, 0.1) is 11.8 Å². The van der Waals surface area contributed by atoms with E-state index >= 15 is 0 Å². The van der Waals surface area contributed by atoms with Crippen molar-refractivity contribution >= 4 is 49.0 Å². The van der Waals surface area contributed by atoms with Gasteiger partial charge < -0.3 is 44.3 Å². The van der Waals surface area contributed by atoms with Gasteiger partial charge in [0.1, 0.15) is 42.0 Å². The van der Waals surface area contributed by atoms with Crippen LogP contribution in [-0.4, -0.2) is 78.5 Å². The number of aliphatic hydroxyl groups is 1. The number of aromatic nitrogens is 5. The Hall–Kier alpha value is -2.69. The minimum atomic E-state index is -4.01. The second-order valence-electron chi connectivity index (χ2n) is 10.4. The summed E-state index contributed by atoms with van der Waals surface area (Å²) in [5.41, 5.74) is 12.6. The average molecular weight is 654 g/mol. The Bertz CT molecular complexity index is 1660. The molecular formula is C24H29N7O9P2S. The van der Waals surface area contributed by atoms with Crippen LogP contribution in [0.2, 0.25) is 0 Å². The van der Waals surface area contributed by atoms with Crippen LogP contribution in [0.3, 0.4) is 0 Å². The van der Waals surface area contributed by atoms with Crippen molar-refractivity contribution in [3.8, 4) is 0 Å². The van der Waals surface area contributed by atoms with Crippen molar-refractivity contribution in [3.05, 3.63) is 54.6 Å². The van der Waals surface area contributed by atoms with Gasteiger partial charge in [0.05, 0.1) is 26.1 Å². The fourth-order valence-electron chi connectivity index (χ4n) is 5.55. The SMILES string of the molecule is C=C[P@]1(=O)OC[C@H]2C[C@@H](n3cnc4c(N)ncnc43)[C@@H]2COP(O)(=S)OC[C@H]2O[C@@H](c3ccnc(C(N)=O)c3)[C@H](O1)[C@@H]2O. The number of rotatable bonds is 4. The first-order valence-corrected chi connectivity index (χ1v) is 17.4. The maximum Gasteiger partial charge on any atom is 0.354 e. The van der Waals surface area contributed by atoms with Gasteiger partial charge in [-0.2, -0.15) is 0 Å². The van der Waals surface area contributed by atoms with Gasteiger partial charge in [0, 0.05) is 24.0 Å². The first kappa shape index (κ1) is 30.3. The van der Waals surface area contributed by atoms with Gasteiger partial charge in [0.2, 0.25) is 0 Å². The lowest BCUT2D eigenvalue weighted by molar-refractivity contribution is -0.0270. The van der Waals surface area contributed by atoms with E-state index in [1.807, 2.05) is 4.57 Å². The topological polar surface area (TPSA) is 229 Å². The minimum Gasteiger partial charge on any atom is -0.387 e. The molecule has 6 N–H and O–H groups in total. The molecule has 3 aromatic rings. The highest BCUT2D eigenvalue weighted by Crippen LogP contribution is 2.57. The number of carbonyl (C=O) groups is 1. The average Bonchev–Trinajstić information content (AvgIpc) is 3.53. The van der Waals surface area contributed by atoms with Gasteiger partial charge in [0.25, 0.3) is 5.91 Å². The fraction of sp³-hybridized carbons (Fsp3) is 0.458. The number of imidazole rings is 1. The third-order valence-electron chi connectivity index (χ3n) is 7.88. The summed E-state index contributed by atoms with van der Waals surface area (Å²) >= 11 is 5.26. The molecule has 0 radical (unpaired) electrons. The van der Waals surface area contributed by atoms with Crippen LogP contribution in [0.5, 0.6) is 0 Å². The molecule has 1 amide bonds. The van der Waals surface area contributed by atoms with E-state index in [1.165, 1.54) is 24.7 Å². The van der Waals surface area contributed by atoms with Crippen molar-refractivity contribution < 1.29 is 42.2 Å². The molecule has 230 valence electrons. The molecule has 2 aliphatic heterocycles. The Morgan fingerprint density at radius 1 is 1.19 bits per heavy atom. The highest BCUT2D eigenvalue weighted by molar-refractivity contribution is 8.07. The van der Waals surface area contributed by atoms with Gasteiger partial charge in [-0.05, 0) is 41.8 Å². The number of fused-ring (bicyclic) bond motifs is 4. The van der Waals surface area contributed by atoms with Gasteiger partial charge in [0.15, 0.2) is 11.5 Å². The van der Waals surface area contributed by atoms with Crippen LogP contribution in [0.15, 0.2) is 43.4 Å². The zero-order chi connectivity index (χ0) is 30.5. The van der Waals surface area contributed by atoms with Crippen molar-refractivity contribution in [1.82, 2.24) is 24.5 Å². The summed E-state index contributed by atoms with van der Waals surface area (Å²) in [5.74, 6) is 0.0173. The Morgan fingerprint density at radius 2 is 1.98 bits per heavy atom. The number of nitrogens with two attached hydrogens (primary N) is 2. The number of carbonyl (C=O) groups excluding carboxylic acids is 1. The normalized spacial score (nSPS) is 36.7. The Balaban J connectivity index is 1.29. The summed E-state index contributed by atoms with van der Waals surface area (Å²) in [6.45, 7) is -0.607. The van der Waals surface area contributed by atoms with Crippen LogP contribution in [0.25, 0.3) is 11.2 Å². The number of hydrogen-bond donors (Lipinski definition) is 4. The second kappa shape index (κ2) is 11.7. The Morgan fingerprint density at radius 3 is 2.74 bits per heavy atom. The number of nitrogen functional groups attached to an aromatic ring is 1. The first-order valence-electron chi connectivity index (χ1n) is 13.2. The summed E-state index contributed by atoms with van der Waals surface area (Å²) in [6.07, 6.45) is 0.0319. The predicted octanol–water partition coefficient (Wildman–Crippen LogP) is 1.58. The minimum absolute atomic E-state index is 0.0296. The molecule has 3 fully saturated rings. The number of anilines is 1. The van der Waals surface area contributed by atoms with E-state index in [-0.39, 0.29) is 49.2 Å². The molecule has 2 bridgehead atoms. The molecule has 6 rings (SSSR count). The number of nitrogens with zero attached hydrogens (tertiary/aromatic N) is 5. The molecule has 9 atom stereocenters. The number of pyridine rings is 1. The first-order chi connectivity index (χ1) is 20.5. The Labute approximate surface area is 250 Å². The van der Waals surface area contributed by atoms with Crippen molar-refractivity contribution in [3.63, 3.8) is 0 Å². The molecule has 3 aromatic heterocycles. The summed E-state index contributed by atoms with van der Waals surface area (Å²) in [7, 11) is -4.01. The maximum absolute atomic E-state index is 13.8. The van der Waals surface area contributed by atoms with Crippen LogP contribution in [-0.2, 0) is 39.2 Å². The molecule has 2 saturated heterocycles. The molecule has 1 saturated carbocycles. The third-order valence-corrected chi connectivity index (χ3v) is 11.0. The van der Waals surface area contributed by atoms with Gasteiger partial charge in [-0.1, -0.05) is 6.58 Å². The van der Waals surface area contributed by atoms with E-state index in [4.69, 9.17) is 46.1 Å². The summed E-state index contributed by atoms with van der Waals surface area (Å²) in [4.78, 5) is 39.2. The van der Waals surface area contributed by atoms with Crippen LogP contribution < -0.4 is 11.5 Å². The maximum atomic E-state index is 13.8. The number of amides is 1. The van der Waals surface area contributed by atoms with Crippen LogP contribution >= 0.6 is 14.3 Å². The number of aliphatic hydroxyl groups excluding tert-OH is 1. The van der Waals surface area contributed by atoms with Crippen LogP contribution in [0.1, 0.15) is 34.6 Å². The third kappa shape index (κ3) is 5.90. The summed E-state index contributed by atoms with van der Waals surface area (Å²) in [5, 5.41) is 11.2. The van der Waals surface area contributed by atoms with E-state index < -0.39 is 44.6 Å². The smallest absolute Gasteiger partial charge is 0.354 e. The van der Waals surface area contributed by atoms with Crippen LogP contribution in [0.4, 0.5) is 5.82 Å². The fourth-order valence-corrected chi connectivity index (χ4v) is 7.91. The molecule has 19 heteroatoms. The van der Waals surface area contributed by atoms with Gasteiger partial charge >= 0.3 is 14.3 Å². The van der Waals surface area contributed by atoms with E-state index in [0.29, 0.717) is 23.1 Å². The number of primary amides is 1. The van der Waals surface area contributed by atoms with Crippen molar-refractivity contribution in [1.29, 1.82) is 0 Å². The molecule has 5 heterocycles. The van der Waals surface area contributed by atoms with E-state index in [1.54, 1.807) is 6.33 Å². The molecule has 16 nitrogen and oxygen atoms in total. The molecule has 0 spiro atoms. The number of ether oxygens (including phenoxy) is 1. The van der Waals surface area contributed by atoms with Crippen molar-refractivity contribution in [2.24, 2.45) is 17.6 Å². The van der Waals surface area contributed by atoms with Crippen molar-refractivity contribution in [2.45, 2.75) is 36.9 Å². The zero-order valence-corrected chi connectivity index (χ0v) is 25.1. The second-order valence-corrected chi connectivity index (χ2v) is 15.1. The van der Waals surface area contributed by atoms with Gasteiger partial charge in [-0.15, -0.1) is 0 Å².